The standard InChI is InChI=1S/C14H18BrN3/c1-17(2)9-5-10-18-11-8-16-14(18)12-6-3-4-7-13(12)15/h3-4,6-8,11H,5,9-10H2,1-2H3. The van der Waals surface area contributed by atoms with E-state index >= 15 is 0 Å². The molecule has 0 amide bonds. The van der Waals surface area contributed by atoms with Crippen molar-refractivity contribution in [1.29, 1.82) is 0 Å². The second-order valence-corrected chi connectivity index (χ2v) is 5.44. The van der Waals surface area contributed by atoms with Gasteiger partial charge in [-0.15, -0.1) is 0 Å². The van der Waals surface area contributed by atoms with Gasteiger partial charge in [-0.1, -0.05) is 34.1 Å². The highest BCUT2D eigenvalue weighted by Crippen LogP contribution is 2.26. The molecule has 1 aromatic carbocycles. The van der Waals surface area contributed by atoms with Gasteiger partial charge >= 0.3 is 0 Å². The van der Waals surface area contributed by atoms with Crippen molar-refractivity contribution in [3.63, 3.8) is 0 Å². The van der Waals surface area contributed by atoms with Gasteiger partial charge in [-0.25, -0.2) is 4.98 Å². The van der Waals surface area contributed by atoms with Crippen LogP contribution in [-0.4, -0.2) is 35.1 Å². The molecule has 0 fully saturated rings. The number of hydrogen-bond donors (Lipinski definition) is 0. The van der Waals surface area contributed by atoms with Crippen LogP contribution in [0.4, 0.5) is 0 Å². The van der Waals surface area contributed by atoms with Gasteiger partial charge in [0.1, 0.15) is 5.82 Å². The van der Waals surface area contributed by atoms with Crippen LogP contribution < -0.4 is 0 Å². The summed E-state index contributed by atoms with van der Waals surface area (Å²) < 4.78 is 3.30. The van der Waals surface area contributed by atoms with Crippen LogP contribution in [-0.2, 0) is 6.54 Å². The molecule has 0 spiro atoms. The largest absolute Gasteiger partial charge is 0.331 e. The van der Waals surface area contributed by atoms with Gasteiger partial charge in [0.05, 0.1) is 0 Å². The molecule has 1 heterocycles. The predicted octanol–water partition coefficient (Wildman–Crippen LogP) is 3.26. The lowest BCUT2D eigenvalue weighted by molar-refractivity contribution is 0.387. The highest BCUT2D eigenvalue weighted by molar-refractivity contribution is 9.10. The first-order valence-corrected chi connectivity index (χ1v) is 6.88. The van der Waals surface area contributed by atoms with Gasteiger partial charge < -0.3 is 9.47 Å². The van der Waals surface area contributed by atoms with Crippen molar-refractivity contribution in [2.24, 2.45) is 0 Å². The van der Waals surface area contributed by atoms with Crippen LogP contribution in [0.25, 0.3) is 11.4 Å². The smallest absolute Gasteiger partial charge is 0.141 e. The summed E-state index contributed by atoms with van der Waals surface area (Å²) in [6.45, 7) is 2.09. The lowest BCUT2D eigenvalue weighted by atomic mass is 10.2. The van der Waals surface area contributed by atoms with Crippen LogP contribution in [0.15, 0.2) is 41.1 Å². The number of hydrogen-bond acceptors (Lipinski definition) is 2. The van der Waals surface area contributed by atoms with Crippen molar-refractivity contribution < 1.29 is 0 Å². The third-order valence-corrected chi connectivity index (χ3v) is 3.53. The zero-order valence-corrected chi connectivity index (χ0v) is 12.4. The molecule has 0 radical (unpaired) electrons. The average Bonchev–Trinajstić information content (AvgIpc) is 2.77. The van der Waals surface area contributed by atoms with Crippen molar-refractivity contribution in [1.82, 2.24) is 14.5 Å². The lowest BCUT2D eigenvalue weighted by Crippen LogP contribution is -2.15. The van der Waals surface area contributed by atoms with Gasteiger partial charge in [0.2, 0.25) is 0 Å². The van der Waals surface area contributed by atoms with E-state index in [0.29, 0.717) is 0 Å². The summed E-state index contributed by atoms with van der Waals surface area (Å²) in [5.74, 6) is 1.03. The summed E-state index contributed by atoms with van der Waals surface area (Å²) in [6, 6.07) is 8.20. The topological polar surface area (TPSA) is 21.1 Å². The van der Waals surface area contributed by atoms with Crippen LogP contribution in [0.2, 0.25) is 0 Å². The fourth-order valence-electron chi connectivity index (χ4n) is 1.93. The van der Waals surface area contributed by atoms with E-state index in [9.17, 15) is 0 Å². The summed E-state index contributed by atoms with van der Waals surface area (Å²) in [4.78, 5) is 6.67. The van der Waals surface area contributed by atoms with Gasteiger partial charge in [-0.05, 0) is 33.1 Å². The summed E-state index contributed by atoms with van der Waals surface area (Å²) in [5, 5.41) is 0. The fourth-order valence-corrected chi connectivity index (χ4v) is 2.40. The first-order valence-electron chi connectivity index (χ1n) is 6.09. The zero-order valence-electron chi connectivity index (χ0n) is 10.8. The second kappa shape index (κ2) is 6.16. The molecule has 0 unspecified atom stereocenters. The molecule has 4 heteroatoms. The summed E-state index contributed by atoms with van der Waals surface area (Å²) in [7, 11) is 4.20. The van der Waals surface area contributed by atoms with Crippen molar-refractivity contribution in [2.75, 3.05) is 20.6 Å². The van der Waals surface area contributed by atoms with E-state index < -0.39 is 0 Å². The molecule has 0 saturated heterocycles. The molecule has 0 aliphatic carbocycles. The molecule has 0 aliphatic heterocycles. The van der Waals surface area contributed by atoms with Crippen molar-refractivity contribution >= 4 is 15.9 Å². The quantitative estimate of drug-likeness (QED) is 0.845. The minimum Gasteiger partial charge on any atom is -0.331 e. The molecular weight excluding hydrogens is 290 g/mol. The van der Waals surface area contributed by atoms with Gasteiger partial charge in [0, 0.05) is 29.0 Å². The van der Waals surface area contributed by atoms with Gasteiger partial charge in [0.15, 0.2) is 0 Å². The third kappa shape index (κ3) is 3.21. The van der Waals surface area contributed by atoms with E-state index in [1.165, 1.54) is 0 Å². The summed E-state index contributed by atoms with van der Waals surface area (Å²) in [5.41, 5.74) is 1.15. The Bertz CT molecular complexity index is 505. The second-order valence-electron chi connectivity index (χ2n) is 4.58. The number of imidazole rings is 1. The van der Waals surface area contributed by atoms with Gasteiger partial charge in [-0.2, -0.15) is 0 Å². The van der Waals surface area contributed by atoms with Crippen molar-refractivity contribution in [2.45, 2.75) is 13.0 Å². The van der Waals surface area contributed by atoms with Gasteiger partial charge in [0.25, 0.3) is 0 Å². The van der Waals surface area contributed by atoms with E-state index in [4.69, 9.17) is 0 Å². The Hall–Kier alpha value is -1.13. The van der Waals surface area contributed by atoms with Crippen molar-refractivity contribution in [3.05, 3.63) is 41.1 Å². The van der Waals surface area contributed by atoms with E-state index in [1.54, 1.807) is 0 Å². The minimum atomic E-state index is 0.995. The Morgan fingerprint density at radius 3 is 2.78 bits per heavy atom. The van der Waals surface area contributed by atoms with E-state index in [1.807, 2.05) is 30.6 Å². The van der Waals surface area contributed by atoms with E-state index in [2.05, 4.69) is 50.5 Å². The monoisotopic (exact) mass is 307 g/mol. The number of rotatable bonds is 5. The summed E-state index contributed by atoms with van der Waals surface area (Å²) >= 11 is 3.58. The SMILES string of the molecule is CN(C)CCCn1ccnc1-c1ccccc1Br. The van der Waals surface area contributed by atoms with Crippen LogP contribution in [0.5, 0.6) is 0 Å². The fraction of sp³-hybridized carbons (Fsp3) is 0.357. The van der Waals surface area contributed by atoms with Crippen LogP contribution in [0.3, 0.4) is 0 Å². The Labute approximate surface area is 117 Å². The maximum absolute atomic E-state index is 4.46. The number of aryl methyl sites for hydroxylation is 1. The maximum atomic E-state index is 4.46. The van der Waals surface area contributed by atoms with Crippen molar-refractivity contribution in [3.8, 4) is 11.4 Å². The highest BCUT2D eigenvalue weighted by atomic mass is 79.9. The molecule has 18 heavy (non-hydrogen) atoms. The van der Waals surface area contributed by atoms with E-state index in [-0.39, 0.29) is 0 Å². The lowest BCUT2D eigenvalue weighted by Gasteiger charge is -2.12. The Kier molecular flexibility index (Phi) is 4.55. The average molecular weight is 308 g/mol. The molecule has 0 aliphatic rings. The molecular formula is C14H18BrN3. The first-order chi connectivity index (χ1) is 8.68. The molecule has 2 aromatic rings. The molecule has 0 N–H and O–H groups in total. The number of benzene rings is 1. The third-order valence-electron chi connectivity index (χ3n) is 2.83. The normalized spacial score (nSPS) is 11.1. The molecule has 96 valence electrons. The predicted molar refractivity (Wildman–Crippen MR) is 78.5 cm³/mol. The van der Waals surface area contributed by atoms with Gasteiger partial charge in [-0.3, -0.25) is 0 Å². The number of halogens is 1. The number of nitrogens with zero attached hydrogens (tertiary/aromatic N) is 3. The molecule has 1 aromatic heterocycles. The van der Waals surface area contributed by atoms with E-state index in [0.717, 1.165) is 35.4 Å². The first kappa shape index (κ1) is 13.3. The molecule has 2 rings (SSSR count). The summed E-state index contributed by atoms with van der Waals surface area (Å²) in [6.07, 6.45) is 5.04. The molecule has 0 atom stereocenters. The number of aromatic nitrogens is 2. The molecule has 0 bridgehead atoms. The minimum absolute atomic E-state index is 0.995. The molecule has 3 nitrogen and oxygen atoms in total. The van der Waals surface area contributed by atoms with Crippen LogP contribution >= 0.6 is 15.9 Å². The van der Waals surface area contributed by atoms with Crippen LogP contribution in [0.1, 0.15) is 6.42 Å². The Morgan fingerprint density at radius 2 is 2.06 bits per heavy atom. The highest BCUT2D eigenvalue weighted by Gasteiger charge is 2.08. The van der Waals surface area contributed by atoms with Crippen LogP contribution in [0, 0.1) is 0 Å². The Balaban J connectivity index is 2.15. The zero-order chi connectivity index (χ0) is 13.0. The Morgan fingerprint density at radius 1 is 1.28 bits per heavy atom. The maximum Gasteiger partial charge on any atom is 0.141 e. The molecule has 0 saturated carbocycles.